The molecule has 2 rings (SSSR count). The number of non-ortho nitro benzene ring substituents is 1. The largest absolute Gasteiger partial charge is 0.478 e. The van der Waals surface area contributed by atoms with E-state index in [2.05, 4.69) is 0 Å². The van der Waals surface area contributed by atoms with Crippen LogP contribution in [-0.2, 0) is 4.74 Å². The van der Waals surface area contributed by atoms with E-state index in [1.807, 2.05) is 4.90 Å². The summed E-state index contributed by atoms with van der Waals surface area (Å²) in [6.07, 6.45) is 1.79. The van der Waals surface area contributed by atoms with Crippen LogP contribution in [0.15, 0.2) is 18.2 Å². The van der Waals surface area contributed by atoms with E-state index in [1.165, 1.54) is 18.2 Å². The number of benzene rings is 1. The van der Waals surface area contributed by atoms with Crippen LogP contribution in [-0.4, -0.2) is 42.3 Å². The number of carboxylic acid groups (broad SMARTS) is 1. The van der Waals surface area contributed by atoms with E-state index < -0.39 is 10.9 Å². The Labute approximate surface area is 115 Å². The molecule has 1 aromatic carbocycles. The number of methoxy groups -OCH3 is 1. The molecule has 108 valence electrons. The van der Waals surface area contributed by atoms with Crippen LogP contribution in [0.3, 0.4) is 0 Å². The Kier molecular flexibility index (Phi) is 4.19. The Hall–Kier alpha value is -2.15. The van der Waals surface area contributed by atoms with Crippen molar-refractivity contribution in [2.45, 2.75) is 18.9 Å². The number of nitrogens with zero attached hydrogens (tertiary/aromatic N) is 2. The van der Waals surface area contributed by atoms with Gasteiger partial charge in [0.1, 0.15) is 0 Å². The molecule has 7 heteroatoms. The van der Waals surface area contributed by atoms with Gasteiger partial charge in [-0.15, -0.1) is 0 Å². The Morgan fingerprint density at radius 3 is 2.90 bits per heavy atom. The van der Waals surface area contributed by atoms with Gasteiger partial charge in [-0.3, -0.25) is 10.1 Å². The molecule has 1 aromatic rings. The lowest BCUT2D eigenvalue weighted by Crippen LogP contribution is -2.40. The van der Waals surface area contributed by atoms with Crippen LogP contribution in [0.25, 0.3) is 0 Å². The van der Waals surface area contributed by atoms with Crippen molar-refractivity contribution in [3.8, 4) is 0 Å². The molecule has 1 heterocycles. The van der Waals surface area contributed by atoms with Gasteiger partial charge in [0.25, 0.3) is 5.69 Å². The molecule has 1 aliphatic heterocycles. The van der Waals surface area contributed by atoms with Gasteiger partial charge in [0.15, 0.2) is 0 Å². The molecule has 1 N–H and O–H groups in total. The maximum Gasteiger partial charge on any atom is 0.337 e. The van der Waals surface area contributed by atoms with Crippen LogP contribution in [0, 0.1) is 10.1 Å². The zero-order chi connectivity index (χ0) is 14.7. The van der Waals surface area contributed by atoms with E-state index in [4.69, 9.17) is 4.74 Å². The van der Waals surface area contributed by atoms with Crippen molar-refractivity contribution >= 4 is 17.3 Å². The zero-order valence-electron chi connectivity index (χ0n) is 11.1. The fraction of sp³-hybridized carbons (Fsp3) is 0.462. The lowest BCUT2D eigenvalue weighted by molar-refractivity contribution is -0.384. The van der Waals surface area contributed by atoms with Gasteiger partial charge >= 0.3 is 5.97 Å². The van der Waals surface area contributed by atoms with Crippen molar-refractivity contribution in [2.75, 3.05) is 25.1 Å². The molecule has 0 spiro atoms. The molecular formula is C13H16N2O5. The van der Waals surface area contributed by atoms with Crippen LogP contribution >= 0.6 is 0 Å². The Bertz CT molecular complexity index is 531. The number of carboxylic acids is 1. The molecule has 1 fully saturated rings. The van der Waals surface area contributed by atoms with Gasteiger partial charge in [-0.05, 0) is 18.9 Å². The van der Waals surface area contributed by atoms with Crippen molar-refractivity contribution in [3.63, 3.8) is 0 Å². The van der Waals surface area contributed by atoms with Crippen molar-refractivity contribution in [2.24, 2.45) is 0 Å². The number of rotatable bonds is 4. The lowest BCUT2D eigenvalue weighted by Gasteiger charge is -2.34. The third kappa shape index (κ3) is 2.88. The minimum absolute atomic E-state index is 0.0182. The number of nitro groups is 1. The summed E-state index contributed by atoms with van der Waals surface area (Å²) in [5.41, 5.74) is 0.352. The third-order valence-electron chi connectivity index (χ3n) is 3.47. The Morgan fingerprint density at radius 1 is 1.55 bits per heavy atom. The summed E-state index contributed by atoms with van der Waals surface area (Å²) in [6.45, 7) is 1.21. The molecular weight excluding hydrogens is 264 g/mol. The fourth-order valence-corrected chi connectivity index (χ4v) is 2.43. The zero-order valence-corrected chi connectivity index (χ0v) is 11.1. The highest BCUT2D eigenvalue weighted by atomic mass is 16.6. The highest BCUT2D eigenvalue weighted by molar-refractivity contribution is 5.95. The van der Waals surface area contributed by atoms with Crippen molar-refractivity contribution < 1.29 is 19.6 Å². The van der Waals surface area contributed by atoms with Crippen molar-refractivity contribution in [3.05, 3.63) is 33.9 Å². The van der Waals surface area contributed by atoms with Crippen molar-refractivity contribution in [1.82, 2.24) is 0 Å². The maximum atomic E-state index is 11.3. The Morgan fingerprint density at radius 2 is 2.30 bits per heavy atom. The molecule has 7 nitrogen and oxygen atoms in total. The summed E-state index contributed by atoms with van der Waals surface area (Å²) < 4.78 is 5.30. The minimum atomic E-state index is -1.09. The average Bonchev–Trinajstić information content (AvgIpc) is 2.46. The minimum Gasteiger partial charge on any atom is -0.478 e. The van der Waals surface area contributed by atoms with Gasteiger partial charge < -0.3 is 14.7 Å². The topological polar surface area (TPSA) is 92.9 Å². The van der Waals surface area contributed by atoms with Crippen LogP contribution in [0.1, 0.15) is 23.2 Å². The van der Waals surface area contributed by atoms with Gasteiger partial charge in [-0.2, -0.15) is 0 Å². The summed E-state index contributed by atoms with van der Waals surface area (Å²) >= 11 is 0. The number of hydrogen-bond acceptors (Lipinski definition) is 5. The summed E-state index contributed by atoms with van der Waals surface area (Å²) in [4.78, 5) is 23.4. The maximum absolute atomic E-state index is 11.3. The number of carbonyl (C=O) groups is 1. The number of piperidine rings is 1. The summed E-state index contributed by atoms with van der Waals surface area (Å²) in [6, 6.07) is 3.82. The van der Waals surface area contributed by atoms with Crippen LogP contribution in [0.4, 0.5) is 11.4 Å². The fourth-order valence-electron chi connectivity index (χ4n) is 2.43. The SMILES string of the molecule is COC1CCCN(c2cc([N+](=O)[O-])ccc2C(=O)O)C1. The smallest absolute Gasteiger partial charge is 0.337 e. The number of aromatic carboxylic acids is 1. The predicted molar refractivity (Wildman–Crippen MR) is 72.3 cm³/mol. The standard InChI is InChI=1S/C13H16N2O5/c1-20-10-3-2-6-14(8-10)12-7-9(15(18)19)4-5-11(12)13(16)17/h4-5,7,10H,2-3,6,8H2,1H3,(H,16,17). The number of anilines is 1. The van der Waals surface area contributed by atoms with Crippen molar-refractivity contribution in [1.29, 1.82) is 0 Å². The van der Waals surface area contributed by atoms with Gasteiger partial charge in [0.2, 0.25) is 0 Å². The number of hydrogen-bond donors (Lipinski definition) is 1. The lowest BCUT2D eigenvalue weighted by atomic mass is 10.0. The number of nitro benzene ring substituents is 1. The van der Waals surface area contributed by atoms with Gasteiger partial charge in [0.05, 0.1) is 22.3 Å². The monoisotopic (exact) mass is 280 g/mol. The second kappa shape index (κ2) is 5.87. The molecule has 1 unspecified atom stereocenters. The van der Waals surface area contributed by atoms with Gasteiger partial charge in [-0.25, -0.2) is 4.79 Å². The normalized spacial score (nSPS) is 18.9. The predicted octanol–water partition coefficient (Wildman–Crippen LogP) is 1.91. The van der Waals surface area contributed by atoms with Crippen LogP contribution in [0.2, 0.25) is 0 Å². The van der Waals surface area contributed by atoms with E-state index in [9.17, 15) is 20.0 Å². The molecule has 1 atom stereocenters. The Balaban J connectivity index is 2.38. The second-order valence-corrected chi connectivity index (χ2v) is 4.71. The van der Waals surface area contributed by atoms with E-state index in [1.54, 1.807) is 7.11 Å². The first-order valence-electron chi connectivity index (χ1n) is 6.32. The van der Waals surface area contributed by atoms with Gasteiger partial charge in [-0.1, -0.05) is 0 Å². The molecule has 1 saturated heterocycles. The van der Waals surface area contributed by atoms with E-state index >= 15 is 0 Å². The summed E-state index contributed by atoms with van der Waals surface area (Å²) in [5, 5.41) is 20.1. The third-order valence-corrected chi connectivity index (χ3v) is 3.47. The summed E-state index contributed by atoms with van der Waals surface area (Å²) in [7, 11) is 1.61. The molecule has 0 aliphatic carbocycles. The van der Waals surface area contributed by atoms with Gasteiger partial charge in [0, 0.05) is 32.3 Å². The second-order valence-electron chi connectivity index (χ2n) is 4.71. The molecule has 20 heavy (non-hydrogen) atoms. The first kappa shape index (κ1) is 14.3. The molecule has 0 aromatic heterocycles. The number of ether oxygens (including phenoxy) is 1. The quantitative estimate of drug-likeness (QED) is 0.669. The average molecular weight is 280 g/mol. The van der Waals surface area contributed by atoms with Crippen LogP contribution < -0.4 is 4.90 Å². The molecule has 1 aliphatic rings. The highest BCUT2D eigenvalue weighted by Gasteiger charge is 2.25. The molecule has 0 radical (unpaired) electrons. The first-order valence-corrected chi connectivity index (χ1v) is 6.32. The van der Waals surface area contributed by atoms with E-state index in [-0.39, 0.29) is 17.4 Å². The highest BCUT2D eigenvalue weighted by Crippen LogP contribution is 2.29. The summed E-state index contributed by atoms with van der Waals surface area (Å²) in [5.74, 6) is -1.09. The first-order chi connectivity index (χ1) is 9.52. The molecule has 0 amide bonds. The molecule has 0 bridgehead atoms. The van der Waals surface area contributed by atoms with E-state index in [0.29, 0.717) is 18.8 Å². The van der Waals surface area contributed by atoms with Crippen LogP contribution in [0.5, 0.6) is 0 Å². The molecule has 0 saturated carbocycles. The van der Waals surface area contributed by atoms with E-state index in [0.717, 1.165) is 12.8 Å².